The van der Waals surface area contributed by atoms with Crippen molar-refractivity contribution in [1.82, 2.24) is 20.5 Å². The second-order valence-electron chi connectivity index (χ2n) is 4.46. The van der Waals surface area contributed by atoms with Crippen LogP contribution >= 0.6 is 0 Å². The largest absolute Gasteiger partial charge is 0.357 e. The lowest BCUT2D eigenvalue weighted by Crippen LogP contribution is -2.59. The molecule has 1 fully saturated rings. The molecule has 0 spiro atoms. The highest BCUT2D eigenvalue weighted by molar-refractivity contribution is 5.88. The number of piperazine rings is 1. The third kappa shape index (κ3) is 3.29. The van der Waals surface area contributed by atoms with E-state index in [1.807, 2.05) is 6.07 Å². The highest BCUT2D eigenvalue weighted by atomic mass is 16.2. The Morgan fingerprint density at radius 2 is 2.42 bits per heavy atom. The van der Waals surface area contributed by atoms with Gasteiger partial charge in [0.2, 0.25) is 11.8 Å². The van der Waals surface area contributed by atoms with Gasteiger partial charge in [0.15, 0.2) is 0 Å². The normalized spacial score (nSPS) is 19.0. The third-order valence-corrected chi connectivity index (χ3v) is 3.19. The van der Waals surface area contributed by atoms with E-state index in [9.17, 15) is 9.59 Å². The van der Waals surface area contributed by atoms with E-state index in [2.05, 4.69) is 15.6 Å². The molecule has 2 N–H and O–H groups in total. The number of amides is 2. The van der Waals surface area contributed by atoms with Gasteiger partial charge in [-0.15, -0.1) is 0 Å². The minimum atomic E-state index is -0.428. The van der Waals surface area contributed by atoms with Gasteiger partial charge in [-0.1, -0.05) is 6.07 Å². The Kier molecular flexibility index (Phi) is 4.46. The predicted octanol–water partition coefficient (Wildman–Crippen LogP) is -0.829. The minimum Gasteiger partial charge on any atom is -0.357 e. The van der Waals surface area contributed by atoms with Crippen LogP contribution in [0.15, 0.2) is 24.5 Å². The highest BCUT2D eigenvalue weighted by Crippen LogP contribution is 2.08. The average Bonchev–Trinajstić information content (AvgIpc) is 2.47. The van der Waals surface area contributed by atoms with Crippen molar-refractivity contribution in [2.24, 2.45) is 0 Å². The van der Waals surface area contributed by atoms with E-state index in [1.54, 1.807) is 30.4 Å². The lowest BCUT2D eigenvalue weighted by Gasteiger charge is -2.35. The van der Waals surface area contributed by atoms with Crippen LogP contribution in [0.1, 0.15) is 5.56 Å². The van der Waals surface area contributed by atoms with E-state index in [4.69, 9.17) is 0 Å². The van der Waals surface area contributed by atoms with Gasteiger partial charge in [-0.3, -0.25) is 14.6 Å². The second-order valence-corrected chi connectivity index (χ2v) is 4.46. The van der Waals surface area contributed by atoms with Crippen LogP contribution in [0.2, 0.25) is 0 Å². The number of carbonyl (C=O) groups is 2. The molecule has 1 aromatic rings. The van der Waals surface area contributed by atoms with Gasteiger partial charge in [0.1, 0.15) is 6.04 Å². The molecule has 2 amide bonds. The summed E-state index contributed by atoms with van der Waals surface area (Å²) in [4.78, 5) is 29.7. The quantitative estimate of drug-likeness (QED) is 0.745. The molecule has 1 saturated heterocycles. The molecule has 2 heterocycles. The van der Waals surface area contributed by atoms with Gasteiger partial charge in [-0.05, 0) is 11.6 Å². The van der Waals surface area contributed by atoms with Gasteiger partial charge in [-0.2, -0.15) is 0 Å². The van der Waals surface area contributed by atoms with Crippen molar-refractivity contribution in [2.45, 2.75) is 12.5 Å². The van der Waals surface area contributed by atoms with Crippen molar-refractivity contribution in [3.8, 4) is 0 Å². The maximum atomic E-state index is 12.3. The van der Waals surface area contributed by atoms with Gasteiger partial charge >= 0.3 is 0 Å². The van der Waals surface area contributed by atoms with Crippen molar-refractivity contribution in [3.63, 3.8) is 0 Å². The molecule has 0 aliphatic carbocycles. The summed E-state index contributed by atoms with van der Waals surface area (Å²) in [6.45, 7) is 1.77. The first-order chi connectivity index (χ1) is 9.22. The number of aromatic nitrogens is 1. The molecule has 6 nitrogen and oxygen atoms in total. The monoisotopic (exact) mass is 262 g/mol. The van der Waals surface area contributed by atoms with E-state index >= 15 is 0 Å². The van der Waals surface area contributed by atoms with Gasteiger partial charge in [0.05, 0.1) is 6.42 Å². The Morgan fingerprint density at radius 1 is 1.58 bits per heavy atom. The van der Waals surface area contributed by atoms with E-state index in [-0.39, 0.29) is 18.2 Å². The van der Waals surface area contributed by atoms with Crippen molar-refractivity contribution in [2.75, 3.05) is 26.7 Å². The summed E-state index contributed by atoms with van der Waals surface area (Å²) in [5.74, 6) is -0.171. The second kappa shape index (κ2) is 6.29. The summed E-state index contributed by atoms with van der Waals surface area (Å²) in [7, 11) is 1.58. The smallest absolute Gasteiger partial charge is 0.243 e. The van der Waals surface area contributed by atoms with Gasteiger partial charge < -0.3 is 15.5 Å². The van der Waals surface area contributed by atoms with Crippen LogP contribution in [0, 0.1) is 0 Å². The first kappa shape index (κ1) is 13.5. The SMILES string of the molecule is CNC(=O)C1CNCCN1C(=O)Cc1cccnc1. The highest BCUT2D eigenvalue weighted by Gasteiger charge is 2.31. The zero-order valence-electron chi connectivity index (χ0n) is 10.9. The van der Waals surface area contributed by atoms with E-state index in [1.165, 1.54) is 0 Å². The molecule has 0 saturated carbocycles. The fourth-order valence-corrected chi connectivity index (χ4v) is 2.18. The van der Waals surface area contributed by atoms with E-state index in [0.717, 1.165) is 5.56 Å². The Bertz CT molecular complexity index is 449. The standard InChI is InChI=1S/C13H18N4O2/c1-14-13(19)11-9-16-5-6-17(11)12(18)7-10-3-2-4-15-8-10/h2-4,8,11,16H,5-7,9H2,1H3,(H,14,19). The van der Waals surface area contributed by atoms with Crippen molar-refractivity contribution in [3.05, 3.63) is 30.1 Å². The minimum absolute atomic E-state index is 0.0388. The molecule has 0 aromatic carbocycles. The molecular weight excluding hydrogens is 244 g/mol. The number of hydrogen-bond acceptors (Lipinski definition) is 4. The van der Waals surface area contributed by atoms with Crippen LogP contribution in [0.3, 0.4) is 0 Å². The fourth-order valence-electron chi connectivity index (χ4n) is 2.18. The molecule has 1 aromatic heterocycles. The zero-order chi connectivity index (χ0) is 13.7. The maximum absolute atomic E-state index is 12.3. The lowest BCUT2D eigenvalue weighted by molar-refractivity contribution is -0.140. The van der Waals surface area contributed by atoms with Crippen LogP contribution < -0.4 is 10.6 Å². The van der Waals surface area contributed by atoms with Gasteiger partial charge in [0, 0.05) is 39.1 Å². The number of rotatable bonds is 3. The van der Waals surface area contributed by atoms with Crippen LogP contribution in [0.25, 0.3) is 0 Å². The molecule has 0 bridgehead atoms. The summed E-state index contributed by atoms with van der Waals surface area (Å²) < 4.78 is 0. The number of carbonyl (C=O) groups excluding carboxylic acids is 2. The Labute approximate surface area is 112 Å². The Hall–Kier alpha value is -1.95. The van der Waals surface area contributed by atoms with Crippen LogP contribution in [-0.2, 0) is 16.0 Å². The predicted molar refractivity (Wildman–Crippen MR) is 70.4 cm³/mol. The first-order valence-corrected chi connectivity index (χ1v) is 6.33. The summed E-state index contributed by atoms with van der Waals surface area (Å²) in [6, 6.07) is 3.24. The molecule has 2 rings (SSSR count). The number of nitrogens with zero attached hydrogens (tertiary/aromatic N) is 2. The molecule has 6 heteroatoms. The van der Waals surface area contributed by atoms with Crippen molar-refractivity contribution < 1.29 is 9.59 Å². The summed E-state index contributed by atoms with van der Waals surface area (Å²) in [6.07, 6.45) is 3.63. The molecule has 1 aliphatic heterocycles. The first-order valence-electron chi connectivity index (χ1n) is 6.33. The van der Waals surface area contributed by atoms with Gasteiger partial charge in [0.25, 0.3) is 0 Å². The van der Waals surface area contributed by atoms with E-state index in [0.29, 0.717) is 19.6 Å². The number of likely N-dealkylation sites (N-methyl/N-ethyl adjacent to an activating group) is 1. The molecule has 1 unspecified atom stereocenters. The molecule has 0 radical (unpaired) electrons. The van der Waals surface area contributed by atoms with E-state index < -0.39 is 6.04 Å². The zero-order valence-corrected chi connectivity index (χ0v) is 10.9. The summed E-state index contributed by atoms with van der Waals surface area (Å²) in [5, 5.41) is 5.73. The summed E-state index contributed by atoms with van der Waals surface area (Å²) in [5.41, 5.74) is 0.863. The number of nitrogens with one attached hydrogen (secondary N) is 2. The Morgan fingerprint density at radius 3 is 3.11 bits per heavy atom. The van der Waals surface area contributed by atoms with Crippen LogP contribution in [0.5, 0.6) is 0 Å². The molecule has 1 aliphatic rings. The number of pyridine rings is 1. The van der Waals surface area contributed by atoms with Crippen molar-refractivity contribution in [1.29, 1.82) is 0 Å². The Balaban J connectivity index is 2.05. The molecule has 19 heavy (non-hydrogen) atoms. The lowest BCUT2D eigenvalue weighted by atomic mass is 10.1. The van der Waals surface area contributed by atoms with Gasteiger partial charge in [-0.25, -0.2) is 0 Å². The molecule has 1 atom stereocenters. The molecule has 102 valence electrons. The topological polar surface area (TPSA) is 74.3 Å². The van der Waals surface area contributed by atoms with Crippen molar-refractivity contribution >= 4 is 11.8 Å². The molecular formula is C13H18N4O2. The van der Waals surface area contributed by atoms with Crippen LogP contribution in [0.4, 0.5) is 0 Å². The van der Waals surface area contributed by atoms with Crippen LogP contribution in [-0.4, -0.2) is 54.4 Å². The maximum Gasteiger partial charge on any atom is 0.243 e. The average molecular weight is 262 g/mol. The fraction of sp³-hybridized carbons (Fsp3) is 0.462. The summed E-state index contributed by atoms with van der Waals surface area (Å²) >= 11 is 0. The number of hydrogen-bond donors (Lipinski definition) is 2. The third-order valence-electron chi connectivity index (χ3n) is 3.19.